The lowest BCUT2D eigenvalue weighted by atomic mass is 9.94. The van der Waals surface area contributed by atoms with Crippen LogP contribution in [0.3, 0.4) is 0 Å². The zero-order valence-electron chi connectivity index (χ0n) is 19.6. The largest absolute Gasteiger partial charge is 0.507 e. The molecule has 1 unspecified atom stereocenters. The molecule has 0 aromatic heterocycles. The number of nitrogens with zero attached hydrogens (tertiary/aromatic N) is 1. The number of Topliss-reactive ketones (excluding diaryl/α,β-unsaturated/α-hetero) is 1. The third kappa shape index (κ3) is 4.64. The molecule has 6 nitrogen and oxygen atoms in total. The highest BCUT2D eigenvalue weighted by molar-refractivity contribution is 6.47. The zero-order valence-corrected chi connectivity index (χ0v) is 20.3. The lowest BCUT2D eigenvalue weighted by molar-refractivity contribution is -0.141. The fourth-order valence-electron chi connectivity index (χ4n) is 4.79. The fourth-order valence-corrected chi connectivity index (χ4v) is 5.00. The molecule has 2 aromatic rings. The van der Waals surface area contributed by atoms with Crippen molar-refractivity contribution in [1.29, 1.82) is 0 Å². The summed E-state index contributed by atoms with van der Waals surface area (Å²) in [5, 5.41) is 11.6. The summed E-state index contributed by atoms with van der Waals surface area (Å²) < 4.78 is 11.2. The van der Waals surface area contributed by atoms with Gasteiger partial charge in [-0.05, 0) is 62.1 Å². The average molecular weight is 484 g/mol. The van der Waals surface area contributed by atoms with E-state index in [4.69, 9.17) is 21.1 Å². The SMILES string of the molecule is CCCOc1ccc(C2/C(=C(\O)c3cc(OCC)ccc3Cl)C(=O)C(=O)N2C2CCCC2)cc1. The Morgan fingerprint density at radius 2 is 1.71 bits per heavy atom. The van der Waals surface area contributed by atoms with Gasteiger partial charge in [-0.25, -0.2) is 0 Å². The number of rotatable bonds is 8. The highest BCUT2D eigenvalue weighted by atomic mass is 35.5. The Labute approximate surface area is 205 Å². The van der Waals surface area contributed by atoms with Crippen LogP contribution in [-0.2, 0) is 9.59 Å². The monoisotopic (exact) mass is 483 g/mol. The van der Waals surface area contributed by atoms with E-state index in [0.29, 0.717) is 19.0 Å². The van der Waals surface area contributed by atoms with Gasteiger partial charge >= 0.3 is 0 Å². The number of halogens is 1. The Morgan fingerprint density at radius 3 is 2.35 bits per heavy atom. The van der Waals surface area contributed by atoms with Gasteiger partial charge in [-0.3, -0.25) is 9.59 Å². The molecule has 1 saturated heterocycles. The minimum Gasteiger partial charge on any atom is -0.507 e. The highest BCUT2D eigenvalue weighted by Gasteiger charge is 2.49. The van der Waals surface area contributed by atoms with Crippen LogP contribution in [0, 0.1) is 0 Å². The minimum atomic E-state index is -0.699. The van der Waals surface area contributed by atoms with Gasteiger partial charge in [0, 0.05) is 11.6 Å². The van der Waals surface area contributed by atoms with E-state index in [1.165, 1.54) is 0 Å². The molecule has 1 aliphatic carbocycles. The van der Waals surface area contributed by atoms with Crippen LogP contribution in [0.25, 0.3) is 5.76 Å². The van der Waals surface area contributed by atoms with Crippen molar-refractivity contribution in [1.82, 2.24) is 4.90 Å². The second-order valence-electron chi connectivity index (χ2n) is 8.64. The summed E-state index contributed by atoms with van der Waals surface area (Å²) in [5.74, 6) is -0.328. The number of ketones is 1. The Balaban J connectivity index is 1.83. The van der Waals surface area contributed by atoms with Gasteiger partial charge in [0.05, 0.1) is 29.9 Å². The molecule has 2 aliphatic rings. The van der Waals surface area contributed by atoms with Gasteiger partial charge in [0.15, 0.2) is 0 Å². The van der Waals surface area contributed by atoms with E-state index >= 15 is 0 Å². The first-order valence-corrected chi connectivity index (χ1v) is 12.3. The molecule has 1 aliphatic heterocycles. The first-order chi connectivity index (χ1) is 16.5. The van der Waals surface area contributed by atoms with Crippen molar-refractivity contribution in [3.8, 4) is 11.5 Å². The minimum absolute atomic E-state index is 0.0481. The molecular formula is C27H30ClNO5. The van der Waals surface area contributed by atoms with Crippen LogP contribution in [0.1, 0.15) is 63.1 Å². The normalized spacial score (nSPS) is 20.2. The van der Waals surface area contributed by atoms with Crippen molar-refractivity contribution < 1.29 is 24.2 Å². The second kappa shape index (κ2) is 10.5. The standard InChI is InChI=1S/C27H30ClNO5/c1-3-15-34-19-11-9-17(10-12-19)24-23(26(31)27(32)29(24)18-7-5-6-8-18)25(30)21-16-20(33-4-2)13-14-22(21)28/h9-14,16,18,24,30H,3-8,15H2,1-2H3/b25-23+. The second-order valence-corrected chi connectivity index (χ2v) is 9.04. The number of carbonyl (C=O) groups is 2. The lowest BCUT2D eigenvalue weighted by Crippen LogP contribution is -2.37. The van der Waals surface area contributed by atoms with Crippen LogP contribution < -0.4 is 9.47 Å². The summed E-state index contributed by atoms with van der Waals surface area (Å²) in [5.41, 5.74) is 1.06. The van der Waals surface area contributed by atoms with Crippen LogP contribution in [0.2, 0.25) is 5.02 Å². The topological polar surface area (TPSA) is 76.1 Å². The van der Waals surface area contributed by atoms with E-state index in [-0.39, 0.29) is 28.0 Å². The van der Waals surface area contributed by atoms with Gasteiger partial charge in [-0.15, -0.1) is 0 Å². The van der Waals surface area contributed by atoms with Gasteiger partial charge in [0.1, 0.15) is 17.3 Å². The molecule has 1 atom stereocenters. The first-order valence-electron chi connectivity index (χ1n) is 11.9. The van der Waals surface area contributed by atoms with Gasteiger partial charge in [0.25, 0.3) is 11.7 Å². The van der Waals surface area contributed by atoms with E-state index in [0.717, 1.165) is 43.4 Å². The number of hydrogen-bond donors (Lipinski definition) is 1. The molecule has 2 aromatic carbocycles. The number of benzene rings is 2. The molecule has 4 rings (SSSR count). The van der Waals surface area contributed by atoms with Crippen LogP contribution in [0.15, 0.2) is 48.0 Å². The van der Waals surface area contributed by atoms with Crippen molar-refractivity contribution in [2.24, 2.45) is 0 Å². The average Bonchev–Trinajstić information content (AvgIpc) is 3.46. The lowest BCUT2D eigenvalue weighted by Gasteiger charge is -2.31. The van der Waals surface area contributed by atoms with E-state index in [9.17, 15) is 14.7 Å². The van der Waals surface area contributed by atoms with Crippen molar-refractivity contribution in [3.63, 3.8) is 0 Å². The van der Waals surface area contributed by atoms with Crippen LogP contribution in [0.5, 0.6) is 11.5 Å². The number of aliphatic hydroxyl groups excluding tert-OH is 1. The van der Waals surface area contributed by atoms with Crippen molar-refractivity contribution >= 4 is 29.1 Å². The quantitative estimate of drug-likeness (QED) is 0.288. The molecule has 1 saturated carbocycles. The van der Waals surface area contributed by atoms with Crippen molar-refractivity contribution in [3.05, 3.63) is 64.2 Å². The zero-order chi connectivity index (χ0) is 24.2. The number of amides is 1. The summed E-state index contributed by atoms with van der Waals surface area (Å²) in [7, 11) is 0. The third-order valence-electron chi connectivity index (χ3n) is 6.37. The van der Waals surface area contributed by atoms with Crippen LogP contribution in [-0.4, -0.2) is 41.0 Å². The molecule has 2 fully saturated rings. The molecule has 0 radical (unpaired) electrons. The molecule has 0 bridgehead atoms. The Hall–Kier alpha value is -2.99. The maximum Gasteiger partial charge on any atom is 0.295 e. The number of ether oxygens (including phenoxy) is 2. The molecule has 7 heteroatoms. The number of hydrogen-bond acceptors (Lipinski definition) is 5. The van der Waals surface area contributed by atoms with Crippen molar-refractivity contribution in [2.75, 3.05) is 13.2 Å². The van der Waals surface area contributed by atoms with Crippen molar-refractivity contribution in [2.45, 2.75) is 58.0 Å². The van der Waals surface area contributed by atoms with E-state index in [1.807, 2.05) is 38.1 Å². The summed E-state index contributed by atoms with van der Waals surface area (Å²) in [6, 6.07) is 11.6. The van der Waals surface area contributed by atoms with Gasteiger partial charge < -0.3 is 19.5 Å². The fraction of sp³-hybridized carbons (Fsp3) is 0.407. The molecule has 0 spiro atoms. The Morgan fingerprint density at radius 1 is 1.03 bits per heavy atom. The maximum atomic E-state index is 13.3. The van der Waals surface area contributed by atoms with E-state index in [2.05, 4.69) is 0 Å². The molecule has 1 amide bonds. The molecule has 1 N–H and O–H groups in total. The number of aliphatic hydroxyl groups is 1. The number of carbonyl (C=O) groups excluding carboxylic acids is 2. The summed E-state index contributed by atoms with van der Waals surface area (Å²) >= 11 is 6.40. The third-order valence-corrected chi connectivity index (χ3v) is 6.70. The summed E-state index contributed by atoms with van der Waals surface area (Å²) in [6.45, 7) is 4.94. The number of likely N-dealkylation sites (tertiary alicyclic amines) is 1. The predicted octanol–water partition coefficient (Wildman–Crippen LogP) is 5.89. The highest BCUT2D eigenvalue weighted by Crippen LogP contribution is 2.44. The molecule has 34 heavy (non-hydrogen) atoms. The van der Waals surface area contributed by atoms with E-state index < -0.39 is 17.7 Å². The smallest absolute Gasteiger partial charge is 0.295 e. The molecular weight excluding hydrogens is 454 g/mol. The van der Waals surface area contributed by atoms with Crippen LogP contribution >= 0.6 is 11.6 Å². The van der Waals surface area contributed by atoms with Crippen LogP contribution in [0.4, 0.5) is 0 Å². The maximum absolute atomic E-state index is 13.3. The predicted molar refractivity (Wildman–Crippen MR) is 131 cm³/mol. The first kappa shape index (κ1) is 24.1. The van der Waals surface area contributed by atoms with Gasteiger partial charge in [-0.2, -0.15) is 0 Å². The summed E-state index contributed by atoms with van der Waals surface area (Å²) in [6.07, 6.45) is 4.58. The summed E-state index contributed by atoms with van der Waals surface area (Å²) in [4.78, 5) is 28.2. The van der Waals surface area contributed by atoms with Gasteiger partial charge in [0.2, 0.25) is 0 Å². The Kier molecular flexibility index (Phi) is 7.47. The molecule has 180 valence electrons. The molecule has 1 heterocycles. The van der Waals surface area contributed by atoms with Gasteiger partial charge in [-0.1, -0.05) is 43.5 Å². The Bertz CT molecular complexity index is 1090. The van der Waals surface area contributed by atoms with E-state index in [1.54, 1.807) is 23.1 Å².